The maximum atomic E-state index is 13.3. The minimum Gasteiger partial charge on any atom is -0.459 e. The van der Waals surface area contributed by atoms with Gasteiger partial charge in [0, 0.05) is 23.1 Å². The van der Waals surface area contributed by atoms with Crippen molar-refractivity contribution in [1.82, 2.24) is 10.5 Å². The predicted octanol–water partition coefficient (Wildman–Crippen LogP) is 5.14. The van der Waals surface area contributed by atoms with Crippen LogP contribution in [0.15, 0.2) is 22.7 Å². The Kier molecular flexibility index (Phi) is 4.45. The number of piperidine rings is 1. The Bertz CT molecular complexity index is 905. The Morgan fingerprint density at radius 1 is 1.21 bits per heavy atom. The number of hydrogen-bond acceptors (Lipinski definition) is 5. The molecule has 2 aromatic rings. The van der Waals surface area contributed by atoms with Gasteiger partial charge in [-0.05, 0) is 50.7 Å². The van der Waals surface area contributed by atoms with Crippen molar-refractivity contribution in [3.8, 4) is 11.3 Å². The molecule has 1 aromatic heterocycles. The van der Waals surface area contributed by atoms with Gasteiger partial charge in [0.1, 0.15) is 17.4 Å². The highest BCUT2D eigenvalue weighted by Crippen LogP contribution is 2.51. The summed E-state index contributed by atoms with van der Waals surface area (Å²) in [5.41, 5.74) is 1.09. The van der Waals surface area contributed by atoms with Crippen LogP contribution >= 0.6 is 23.2 Å². The summed E-state index contributed by atoms with van der Waals surface area (Å²) >= 11 is 12.8. The van der Waals surface area contributed by atoms with Crippen molar-refractivity contribution in [1.29, 1.82) is 0 Å². The van der Waals surface area contributed by atoms with Gasteiger partial charge in [0.25, 0.3) is 0 Å². The van der Waals surface area contributed by atoms with E-state index in [-0.39, 0.29) is 17.5 Å². The first-order valence-electron chi connectivity index (χ1n) is 9.86. The number of nitrogens with one attached hydrogen (secondary N) is 1. The van der Waals surface area contributed by atoms with Gasteiger partial charge in [-0.2, -0.15) is 0 Å². The van der Waals surface area contributed by atoms with E-state index in [2.05, 4.69) is 17.4 Å². The van der Waals surface area contributed by atoms with Crippen molar-refractivity contribution in [3.05, 3.63) is 39.6 Å². The fourth-order valence-electron chi connectivity index (χ4n) is 4.51. The zero-order chi connectivity index (χ0) is 19.5. The second-order valence-electron chi connectivity index (χ2n) is 8.53. The first kappa shape index (κ1) is 18.5. The predicted molar refractivity (Wildman–Crippen MR) is 107 cm³/mol. The number of carbonyl (C=O) groups is 1. The molecule has 0 spiro atoms. The number of fused-ring (bicyclic) bond motifs is 2. The van der Waals surface area contributed by atoms with Crippen molar-refractivity contribution < 1.29 is 14.1 Å². The van der Waals surface area contributed by atoms with Gasteiger partial charge in [-0.15, -0.1) is 0 Å². The highest BCUT2D eigenvalue weighted by molar-refractivity contribution is 6.39. The largest absolute Gasteiger partial charge is 0.459 e. The van der Waals surface area contributed by atoms with Crippen molar-refractivity contribution in [2.75, 3.05) is 0 Å². The van der Waals surface area contributed by atoms with Crippen LogP contribution in [0.3, 0.4) is 0 Å². The molecule has 1 aliphatic carbocycles. The molecule has 28 heavy (non-hydrogen) atoms. The third-order valence-electron chi connectivity index (χ3n) is 6.35. The van der Waals surface area contributed by atoms with E-state index in [1.807, 2.05) is 0 Å². The molecule has 3 fully saturated rings. The van der Waals surface area contributed by atoms with Gasteiger partial charge in [-0.25, -0.2) is 4.79 Å². The minimum atomic E-state index is -0.387. The van der Waals surface area contributed by atoms with Crippen LogP contribution in [0.1, 0.15) is 61.6 Å². The van der Waals surface area contributed by atoms with Crippen LogP contribution in [0, 0.1) is 0 Å². The normalized spacial score (nSPS) is 27.6. The van der Waals surface area contributed by atoms with Crippen molar-refractivity contribution in [3.63, 3.8) is 0 Å². The summed E-state index contributed by atoms with van der Waals surface area (Å²) in [4.78, 5) is 13.3. The molecule has 1 aromatic carbocycles. The van der Waals surface area contributed by atoms with Gasteiger partial charge < -0.3 is 14.6 Å². The van der Waals surface area contributed by atoms with Gasteiger partial charge in [-0.1, -0.05) is 41.3 Å². The van der Waals surface area contributed by atoms with Crippen LogP contribution in [0.2, 0.25) is 10.0 Å². The lowest BCUT2D eigenvalue weighted by Crippen LogP contribution is -2.42. The molecule has 1 saturated carbocycles. The average Bonchev–Trinajstić information content (AvgIpc) is 3.09. The molecule has 2 saturated heterocycles. The highest BCUT2D eigenvalue weighted by Gasteiger charge is 2.48. The Hall–Kier alpha value is -1.56. The fourth-order valence-corrected chi connectivity index (χ4v) is 5.09. The van der Waals surface area contributed by atoms with E-state index >= 15 is 0 Å². The molecular weight excluding hydrogens is 399 g/mol. The van der Waals surface area contributed by atoms with Crippen LogP contribution in [0.25, 0.3) is 11.3 Å². The maximum absolute atomic E-state index is 13.3. The van der Waals surface area contributed by atoms with Crippen molar-refractivity contribution in [2.24, 2.45) is 0 Å². The van der Waals surface area contributed by atoms with Crippen LogP contribution in [0.5, 0.6) is 0 Å². The molecule has 3 heterocycles. The van der Waals surface area contributed by atoms with Crippen LogP contribution in [-0.4, -0.2) is 29.3 Å². The molecule has 2 bridgehead atoms. The smallest absolute Gasteiger partial charge is 0.344 e. The second-order valence-corrected chi connectivity index (χ2v) is 9.34. The Morgan fingerprint density at radius 3 is 2.46 bits per heavy atom. The molecule has 3 aliphatic rings. The summed E-state index contributed by atoms with van der Waals surface area (Å²) in [6.07, 6.45) is 5.82. The lowest BCUT2D eigenvalue weighted by molar-refractivity contribution is 0.0174. The highest BCUT2D eigenvalue weighted by atomic mass is 35.5. The molecule has 2 unspecified atom stereocenters. The molecule has 148 valence electrons. The van der Waals surface area contributed by atoms with E-state index in [9.17, 15) is 4.79 Å². The zero-order valence-corrected chi connectivity index (χ0v) is 17.1. The van der Waals surface area contributed by atoms with E-state index in [4.69, 9.17) is 32.5 Å². The van der Waals surface area contributed by atoms with Crippen LogP contribution in [0.4, 0.5) is 0 Å². The number of ether oxygens (including phenoxy) is 1. The number of esters is 1. The quantitative estimate of drug-likeness (QED) is 0.693. The third kappa shape index (κ3) is 3.14. The van der Waals surface area contributed by atoms with Gasteiger partial charge in [0.2, 0.25) is 0 Å². The number of nitrogens with zero attached hydrogens (tertiary/aromatic N) is 1. The number of rotatable bonds is 4. The number of aromatic nitrogens is 1. The Labute approximate surface area is 173 Å². The number of carbonyl (C=O) groups excluding carboxylic acids is 1. The first-order valence-corrected chi connectivity index (χ1v) is 10.6. The monoisotopic (exact) mass is 420 g/mol. The molecule has 5 nitrogen and oxygen atoms in total. The van der Waals surface area contributed by atoms with Gasteiger partial charge in [0.15, 0.2) is 5.76 Å². The molecule has 2 aliphatic heterocycles. The maximum Gasteiger partial charge on any atom is 0.344 e. The van der Waals surface area contributed by atoms with E-state index in [1.54, 1.807) is 18.2 Å². The van der Waals surface area contributed by atoms with Gasteiger partial charge >= 0.3 is 5.97 Å². The van der Waals surface area contributed by atoms with Gasteiger partial charge in [0.05, 0.1) is 10.0 Å². The third-order valence-corrected chi connectivity index (χ3v) is 6.98. The van der Waals surface area contributed by atoms with E-state index in [0.717, 1.165) is 38.5 Å². The Balaban J connectivity index is 1.52. The number of hydrogen-bond donors (Lipinski definition) is 1. The van der Waals surface area contributed by atoms with Crippen LogP contribution in [-0.2, 0) is 10.2 Å². The molecule has 7 heteroatoms. The SMILES string of the molecule is CC1(c2onc(-c3c(Cl)cccc3Cl)c2C(=O)OC2CC3CCC(C2)N3)CC1. The summed E-state index contributed by atoms with van der Waals surface area (Å²) in [5.74, 6) is 0.196. The summed E-state index contributed by atoms with van der Waals surface area (Å²) in [6, 6.07) is 6.11. The van der Waals surface area contributed by atoms with E-state index in [1.165, 1.54) is 0 Å². The van der Waals surface area contributed by atoms with Gasteiger partial charge in [-0.3, -0.25) is 0 Å². The standard InChI is InChI=1S/C21H22Cl2N2O3/c1-21(7-8-21)19-17(18(25-28-19)16-14(22)3-2-4-15(16)23)20(26)27-13-9-11-5-6-12(10-13)24-11/h2-4,11-13,24H,5-10H2,1H3. The molecule has 1 N–H and O–H groups in total. The number of benzene rings is 1. The fraction of sp³-hybridized carbons (Fsp3) is 0.524. The molecule has 5 rings (SSSR count). The van der Waals surface area contributed by atoms with Crippen LogP contribution < -0.4 is 5.32 Å². The molecule has 2 atom stereocenters. The summed E-state index contributed by atoms with van der Waals surface area (Å²) in [6.45, 7) is 2.08. The first-order chi connectivity index (χ1) is 13.4. The zero-order valence-electron chi connectivity index (χ0n) is 15.6. The lowest BCUT2D eigenvalue weighted by Gasteiger charge is -2.28. The van der Waals surface area contributed by atoms with Crippen molar-refractivity contribution in [2.45, 2.75) is 69.1 Å². The van der Waals surface area contributed by atoms with E-state index in [0.29, 0.717) is 44.7 Å². The lowest BCUT2D eigenvalue weighted by atomic mass is 9.97. The molecular formula is C21H22Cl2N2O3. The van der Waals surface area contributed by atoms with E-state index < -0.39 is 0 Å². The second kappa shape index (κ2) is 6.75. The average molecular weight is 421 g/mol. The minimum absolute atomic E-state index is 0.0874. The Morgan fingerprint density at radius 2 is 1.86 bits per heavy atom. The summed E-state index contributed by atoms with van der Waals surface area (Å²) in [7, 11) is 0. The molecule has 0 radical (unpaired) electrons. The number of halogens is 2. The van der Waals surface area contributed by atoms with Crippen molar-refractivity contribution >= 4 is 29.2 Å². The topological polar surface area (TPSA) is 64.4 Å². The summed E-state index contributed by atoms with van der Waals surface area (Å²) < 4.78 is 11.6. The summed E-state index contributed by atoms with van der Waals surface area (Å²) in [5, 5.41) is 8.65. The molecule has 0 amide bonds.